The van der Waals surface area contributed by atoms with Crippen LogP contribution in [0.15, 0.2) is 24.8 Å². The van der Waals surface area contributed by atoms with Gasteiger partial charge in [0, 0.05) is 25.0 Å². The molecule has 0 aliphatic carbocycles. The van der Waals surface area contributed by atoms with Gasteiger partial charge in [0.15, 0.2) is 0 Å². The Bertz CT molecular complexity index is 602. The van der Waals surface area contributed by atoms with Crippen LogP contribution in [0, 0.1) is 0 Å². The van der Waals surface area contributed by atoms with E-state index in [9.17, 15) is 4.79 Å². The summed E-state index contributed by atoms with van der Waals surface area (Å²) in [5.41, 5.74) is 1.41. The Balaban J connectivity index is 1.89. The van der Waals surface area contributed by atoms with E-state index in [0.717, 1.165) is 38.0 Å². The molecule has 1 aliphatic heterocycles. The van der Waals surface area contributed by atoms with Crippen LogP contribution in [0.2, 0.25) is 0 Å². The van der Waals surface area contributed by atoms with Gasteiger partial charge in [0.25, 0.3) is 5.91 Å². The van der Waals surface area contributed by atoms with E-state index >= 15 is 0 Å². The van der Waals surface area contributed by atoms with Gasteiger partial charge in [0.05, 0.1) is 23.5 Å². The number of carbonyl (C=O) groups is 1. The molecular formula is C14H19N5O. The van der Waals surface area contributed by atoms with Gasteiger partial charge in [0.1, 0.15) is 0 Å². The normalized spacial score (nSPS) is 16.4. The van der Waals surface area contributed by atoms with E-state index in [2.05, 4.69) is 15.4 Å². The van der Waals surface area contributed by atoms with Crippen LogP contribution in [0.3, 0.4) is 0 Å². The summed E-state index contributed by atoms with van der Waals surface area (Å²) in [4.78, 5) is 18.8. The molecule has 3 heterocycles. The van der Waals surface area contributed by atoms with Crippen molar-refractivity contribution in [1.82, 2.24) is 24.8 Å². The van der Waals surface area contributed by atoms with Gasteiger partial charge in [-0.15, -0.1) is 0 Å². The smallest absolute Gasteiger partial charge is 0.257 e. The Labute approximate surface area is 117 Å². The molecule has 2 aromatic heterocycles. The van der Waals surface area contributed by atoms with Crippen molar-refractivity contribution < 1.29 is 4.79 Å². The molecule has 0 aromatic carbocycles. The summed E-state index contributed by atoms with van der Waals surface area (Å²) in [6, 6.07) is 0.320. The van der Waals surface area contributed by atoms with Crippen LogP contribution in [-0.2, 0) is 0 Å². The topological polar surface area (TPSA) is 62.5 Å². The first-order chi connectivity index (χ1) is 9.81. The van der Waals surface area contributed by atoms with Crippen molar-refractivity contribution in [3.05, 3.63) is 30.4 Å². The number of hydrogen-bond donors (Lipinski definition) is 1. The maximum atomic E-state index is 12.8. The van der Waals surface area contributed by atoms with Crippen LogP contribution in [-0.4, -0.2) is 51.1 Å². The van der Waals surface area contributed by atoms with Crippen molar-refractivity contribution >= 4 is 11.4 Å². The number of hydrogen-bond acceptors (Lipinski definition) is 4. The lowest BCUT2D eigenvalue weighted by molar-refractivity contribution is 0.0658. The number of amides is 1. The lowest BCUT2D eigenvalue weighted by Gasteiger charge is -2.33. The van der Waals surface area contributed by atoms with E-state index in [1.165, 1.54) is 0 Å². The van der Waals surface area contributed by atoms with Gasteiger partial charge in [-0.25, -0.2) is 4.52 Å². The van der Waals surface area contributed by atoms with Crippen LogP contribution in [0.25, 0.3) is 5.52 Å². The average Bonchev–Trinajstić information content (AvgIpc) is 2.93. The van der Waals surface area contributed by atoms with Crippen molar-refractivity contribution in [3.8, 4) is 0 Å². The highest BCUT2D eigenvalue weighted by atomic mass is 16.2. The second-order valence-corrected chi connectivity index (χ2v) is 5.04. The minimum atomic E-state index is 0.0578. The Hall–Kier alpha value is -1.95. The summed E-state index contributed by atoms with van der Waals surface area (Å²) in [5.74, 6) is 0.0578. The number of nitrogens with one attached hydrogen (secondary N) is 1. The Morgan fingerprint density at radius 3 is 3.00 bits per heavy atom. The van der Waals surface area contributed by atoms with Crippen molar-refractivity contribution in [2.24, 2.45) is 0 Å². The number of nitrogens with zero attached hydrogens (tertiary/aromatic N) is 4. The molecular weight excluding hydrogens is 254 g/mol. The first kappa shape index (κ1) is 13.1. The van der Waals surface area contributed by atoms with E-state index in [1.807, 2.05) is 11.8 Å². The first-order valence-electron chi connectivity index (χ1n) is 7.10. The molecule has 1 amide bonds. The van der Waals surface area contributed by atoms with Gasteiger partial charge in [-0.2, -0.15) is 5.10 Å². The van der Waals surface area contributed by atoms with E-state index in [0.29, 0.717) is 11.6 Å². The summed E-state index contributed by atoms with van der Waals surface area (Å²) in [7, 11) is 0. The van der Waals surface area contributed by atoms with Gasteiger partial charge in [-0.1, -0.05) is 0 Å². The van der Waals surface area contributed by atoms with Gasteiger partial charge in [-0.3, -0.25) is 9.78 Å². The molecule has 6 heteroatoms. The molecule has 0 radical (unpaired) electrons. The summed E-state index contributed by atoms with van der Waals surface area (Å²) in [6.45, 7) is 4.71. The summed E-state index contributed by atoms with van der Waals surface area (Å²) in [5, 5.41) is 7.55. The highest BCUT2D eigenvalue weighted by Crippen LogP contribution is 2.18. The molecule has 0 unspecified atom stereocenters. The Kier molecular flexibility index (Phi) is 3.64. The summed E-state index contributed by atoms with van der Waals surface area (Å²) < 4.78 is 1.69. The van der Waals surface area contributed by atoms with Crippen LogP contribution >= 0.6 is 0 Å². The van der Waals surface area contributed by atoms with E-state index in [-0.39, 0.29) is 5.91 Å². The van der Waals surface area contributed by atoms with Crippen molar-refractivity contribution in [3.63, 3.8) is 0 Å². The zero-order chi connectivity index (χ0) is 13.9. The number of carbonyl (C=O) groups excluding carboxylic acids is 1. The van der Waals surface area contributed by atoms with Crippen LogP contribution < -0.4 is 5.32 Å². The van der Waals surface area contributed by atoms with Crippen molar-refractivity contribution in [1.29, 1.82) is 0 Å². The second-order valence-electron chi connectivity index (χ2n) is 5.04. The molecule has 106 valence electrons. The molecule has 20 heavy (non-hydrogen) atoms. The zero-order valence-corrected chi connectivity index (χ0v) is 11.6. The minimum absolute atomic E-state index is 0.0578. The van der Waals surface area contributed by atoms with Crippen molar-refractivity contribution in [2.75, 3.05) is 19.6 Å². The van der Waals surface area contributed by atoms with Crippen LogP contribution in [0.5, 0.6) is 0 Å². The number of rotatable bonds is 3. The van der Waals surface area contributed by atoms with Gasteiger partial charge >= 0.3 is 0 Å². The minimum Gasteiger partial charge on any atom is -0.336 e. The van der Waals surface area contributed by atoms with Gasteiger partial charge in [0.2, 0.25) is 0 Å². The maximum Gasteiger partial charge on any atom is 0.257 e. The third-order valence-corrected chi connectivity index (χ3v) is 3.91. The van der Waals surface area contributed by atoms with E-state index in [4.69, 9.17) is 0 Å². The first-order valence-corrected chi connectivity index (χ1v) is 7.10. The molecule has 1 fully saturated rings. The molecule has 0 spiro atoms. The monoisotopic (exact) mass is 273 g/mol. The van der Waals surface area contributed by atoms with Crippen LogP contribution in [0.1, 0.15) is 30.1 Å². The number of piperidine rings is 1. The standard InChI is InChI=1S/C14H19N5O/c1-2-18(11-3-5-15-6-4-11)14(20)12-9-17-19-8-7-16-10-13(12)19/h7-11,15H,2-6H2,1H3. The van der Waals surface area contributed by atoms with Gasteiger partial charge < -0.3 is 10.2 Å². The highest BCUT2D eigenvalue weighted by Gasteiger charge is 2.26. The predicted molar refractivity (Wildman–Crippen MR) is 75.6 cm³/mol. The SMILES string of the molecule is CCN(C(=O)c1cnn2ccncc12)C1CCNCC1. The van der Waals surface area contributed by atoms with E-state index < -0.39 is 0 Å². The van der Waals surface area contributed by atoms with Crippen LogP contribution in [0.4, 0.5) is 0 Å². The summed E-state index contributed by atoms with van der Waals surface area (Å²) in [6.07, 6.45) is 8.78. The second kappa shape index (κ2) is 5.58. The Morgan fingerprint density at radius 2 is 2.25 bits per heavy atom. The number of fused-ring (bicyclic) bond motifs is 1. The Morgan fingerprint density at radius 1 is 1.45 bits per heavy atom. The van der Waals surface area contributed by atoms with E-state index in [1.54, 1.807) is 29.3 Å². The molecule has 0 bridgehead atoms. The summed E-state index contributed by atoms with van der Waals surface area (Å²) >= 11 is 0. The fourth-order valence-electron chi connectivity index (χ4n) is 2.84. The lowest BCUT2D eigenvalue weighted by Crippen LogP contribution is -2.46. The van der Waals surface area contributed by atoms with Crippen molar-refractivity contribution in [2.45, 2.75) is 25.8 Å². The molecule has 2 aromatic rings. The highest BCUT2D eigenvalue weighted by molar-refractivity contribution is 6.00. The molecule has 1 aliphatic rings. The lowest BCUT2D eigenvalue weighted by atomic mass is 10.0. The third-order valence-electron chi connectivity index (χ3n) is 3.91. The molecule has 1 N–H and O–H groups in total. The molecule has 1 saturated heterocycles. The zero-order valence-electron chi connectivity index (χ0n) is 11.6. The fourth-order valence-corrected chi connectivity index (χ4v) is 2.84. The molecule has 0 atom stereocenters. The predicted octanol–water partition coefficient (Wildman–Crippen LogP) is 0.943. The van der Waals surface area contributed by atoms with Gasteiger partial charge in [-0.05, 0) is 32.9 Å². The fraction of sp³-hybridized carbons (Fsp3) is 0.500. The molecule has 6 nitrogen and oxygen atoms in total. The average molecular weight is 273 g/mol. The maximum absolute atomic E-state index is 12.8. The number of aromatic nitrogens is 3. The largest absolute Gasteiger partial charge is 0.336 e. The molecule has 3 rings (SSSR count). The molecule has 0 saturated carbocycles. The quantitative estimate of drug-likeness (QED) is 0.904. The third kappa shape index (κ3) is 2.27.